The summed E-state index contributed by atoms with van der Waals surface area (Å²) < 4.78 is 20.9. The van der Waals surface area contributed by atoms with Crippen LogP contribution >= 0.6 is 23.4 Å². The van der Waals surface area contributed by atoms with Crippen molar-refractivity contribution in [1.82, 2.24) is 14.8 Å². The maximum atomic E-state index is 13.2. The minimum Gasteiger partial charge on any atom is -0.486 e. The minimum atomic E-state index is -0.540. The number of hydrogen-bond acceptors (Lipinski definition) is 5. The summed E-state index contributed by atoms with van der Waals surface area (Å²) in [7, 11) is 0. The standard InChI is InChI=1S/C21H20ClFN4O2S/c1-3-10-27-19(12-29-16-7-4-14(2)5-8-16)25-26-21(27)30-13-20(28)24-15-6-9-18(23)17(22)11-15/h3-9,11H,1,10,12-13H2,2H3,(H,24,28). The second-order valence-corrected chi connectivity index (χ2v) is 7.72. The van der Waals surface area contributed by atoms with Gasteiger partial charge in [0, 0.05) is 12.2 Å². The van der Waals surface area contributed by atoms with Crippen LogP contribution in [-0.2, 0) is 17.9 Å². The molecule has 2 aromatic carbocycles. The Morgan fingerprint density at radius 2 is 2.07 bits per heavy atom. The summed E-state index contributed by atoms with van der Waals surface area (Å²) in [6, 6.07) is 11.7. The van der Waals surface area contributed by atoms with Crippen LogP contribution in [0.15, 0.2) is 60.3 Å². The SMILES string of the molecule is C=CCn1c(COc2ccc(C)cc2)nnc1SCC(=O)Nc1ccc(F)c(Cl)c1. The molecule has 1 amide bonds. The van der Waals surface area contributed by atoms with Crippen LogP contribution in [-0.4, -0.2) is 26.4 Å². The van der Waals surface area contributed by atoms with Crippen molar-refractivity contribution in [1.29, 1.82) is 0 Å². The van der Waals surface area contributed by atoms with Gasteiger partial charge < -0.3 is 10.1 Å². The Labute approximate surface area is 183 Å². The maximum Gasteiger partial charge on any atom is 0.234 e. The van der Waals surface area contributed by atoms with Crippen LogP contribution in [0.1, 0.15) is 11.4 Å². The molecule has 156 valence electrons. The van der Waals surface area contributed by atoms with Crippen LogP contribution in [0, 0.1) is 12.7 Å². The van der Waals surface area contributed by atoms with Gasteiger partial charge in [-0.2, -0.15) is 0 Å². The highest BCUT2D eigenvalue weighted by Crippen LogP contribution is 2.22. The number of benzene rings is 2. The second kappa shape index (κ2) is 10.3. The zero-order chi connectivity index (χ0) is 21.5. The third kappa shape index (κ3) is 5.84. The van der Waals surface area contributed by atoms with E-state index in [-0.39, 0.29) is 23.3 Å². The zero-order valence-electron chi connectivity index (χ0n) is 16.3. The number of nitrogens with one attached hydrogen (secondary N) is 1. The number of nitrogens with zero attached hydrogens (tertiary/aromatic N) is 3. The second-order valence-electron chi connectivity index (χ2n) is 6.37. The molecule has 9 heteroatoms. The van der Waals surface area contributed by atoms with Crippen LogP contribution in [0.5, 0.6) is 5.75 Å². The summed E-state index contributed by atoms with van der Waals surface area (Å²) in [6.45, 7) is 6.50. The van der Waals surface area contributed by atoms with Gasteiger partial charge in [0.2, 0.25) is 5.91 Å². The first-order valence-corrected chi connectivity index (χ1v) is 10.4. The lowest BCUT2D eigenvalue weighted by atomic mass is 10.2. The fraction of sp³-hybridized carbons (Fsp3) is 0.190. The van der Waals surface area contributed by atoms with Gasteiger partial charge in [-0.3, -0.25) is 9.36 Å². The average Bonchev–Trinajstić information content (AvgIpc) is 3.11. The number of thioether (sulfide) groups is 1. The van der Waals surface area contributed by atoms with Gasteiger partial charge in [0.15, 0.2) is 11.0 Å². The summed E-state index contributed by atoms with van der Waals surface area (Å²) in [5.74, 6) is 0.655. The molecule has 0 bridgehead atoms. The summed E-state index contributed by atoms with van der Waals surface area (Å²) in [5, 5.41) is 11.5. The Kier molecular flexibility index (Phi) is 7.48. The van der Waals surface area contributed by atoms with Crippen LogP contribution in [0.2, 0.25) is 5.02 Å². The highest BCUT2D eigenvalue weighted by atomic mass is 35.5. The van der Waals surface area contributed by atoms with Crippen molar-refractivity contribution in [2.45, 2.75) is 25.2 Å². The molecule has 0 aliphatic rings. The molecule has 0 spiro atoms. The number of carbonyl (C=O) groups is 1. The Morgan fingerprint density at radius 3 is 2.77 bits per heavy atom. The molecule has 0 radical (unpaired) electrons. The van der Waals surface area contributed by atoms with Gasteiger partial charge in [-0.1, -0.05) is 47.1 Å². The smallest absolute Gasteiger partial charge is 0.234 e. The molecular weight excluding hydrogens is 427 g/mol. The lowest BCUT2D eigenvalue weighted by molar-refractivity contribution is -0.113. The van der Waals surface area contributed by atoms with Crippen molar-refractivity contribution in [2.24, 2.45) is 0 Å². The predicted octanol–water partition coefficient (Wildman–Crippen LogP) is 4.87. The van der Waals surface area contributed by atoms with Crippen LogP contribution in [0.3, 0.4) is 0 Å². The van der Waals surface area contributed by atoms with Gasteiger partial charge in [-0.25, -0.2) is 4.39 Å². The first-order chi connectivity index (χ1) is 14.5. The Bertz CT molecular complexity index is 1040. The quantitative estimate of drug-likeness (QED) is 0.375. The molecule has 3 rings (SSSR count). The number of hydrogen-bond donors (Lipinski definition) is 1. The van der Waals surface area contributed by atoms with Crippen LogP contribution < -0.4 is 10.1 Å². The summed E-state index contributed by atoms with van der Waals surface area (Å²) in [5.41, 5.74) is 1.57. The van der Waals surface area contributed by atoms with Gasteiger partial charge in [-0.05, 0) is 37.3 Å². The third-order valence-electron chi connectivity index (χ3n) is 4.03. The lowest BCUT2D eigenvalue weighted by Gasteiger charge is -2.09. The number of ether oxygens (including phenoxy) is 1. The molecule has 1 aromatic heterocycles. The topological polar surface area (TPSA) is 69.0 Å². The number of anilines is 1. The van der Waals surface area contributed by atoms with E-state index >= 15 is 0 Å². The largest absolute Gasteiger partial charge is 0.486 e. The maximum absolute atomic E-state index is 13.2. The highest BCUT2D eigenvalue weighted by molar-refractivity contribution is 7.99. The molecule has 6 nitrogen and oxygen atoms in total. The van der Waals surface area contributed by atoms with Crippen molar-refractivity contribution >= 4 is 35.0 Å². The molecule has 0 fully saturated rings. The monoisotopic (exact) mass is 446 g/mol. The molecule has 0 saturated heterocycles. The van der Waals surface area contributed by atoms with Gasteiger partial charge in [0.05, 0.1) is 10.8 Å². The number of allylic oxidation sites excluding steroid dienone is 1. The van der Waals surface area contributed by atoms with E-state index in [2.05, 4.69) is 22.1 Å². The lowest BCUT2D eigenvalue weighted by Crippen LogP contribution is -2.15. The van der Waals surface area contributed by atoms with E-state index in [1.165, 1.54) is 30.0 Å². The van der Waals surface area contributed by atoms with Gasteiger partial charge in [0.25, 0.3) is 0 Å². The summed E-state index contributed by atoms with van der Waals surface area (Å²) in [4.78, 5) is 12.2. The first-order valence-electron chi connectivity index (χ1n) is 9.06. The van der Waals surface area contributed by atoms with Crippen molar-refractivity contribution in [3.8, 4) is 5.75 Å². The van der Waals surface area contributed by atoms with Crippen LogP contribution in [0.4, 0.5) is 10.1 Å². The predicted molar refractivity (Wildman–Crippen MR) is 116 cm³/mol. The molecule has 1 heterocycles. The molecule has 0 aliphatic heterocycles. The molecule has 0 unspecified atom stereocenters. The molecule has 1 N–H and O–H groups in total. The Balaban J connectivity index is 1.60. The van der Waals surface area contributed by atoms with Crippen molar-refractivity contribution < 1.29 is 13.9 Å². The normalized spacial score (nSPS) is 10.6. The van der Waals surface area contributed by atoms with Gasteiger partial charge in [-0.15, -0.1) is 16.8 Å². The van der Waals surface area contributed by atoms with E-state index in [1.54, 1.807) is 6.08 Å². The Hall–Kier alpha value is -2.84. The van der Waals surface area contributed by atoms with Crippen molar-refractivity contribution in [3.05, 3.63) is 77.3 Å². The van der Waals surface area contributed by atoms with Gasteiger partial charge >= 0.3 is 0 Å². The molecule has 0 aliphatic carbocycles. The van der Waals surface area contributed by atoms with E-state index < -0.39 is 5.82 Å². The zero-order valence-corrected chi connectivity index (χ0v) is 17.8. The van der Waals surface area contributed by atoms with E-state index in [1.807, 2.05) is 35.8 Å². The number of aryl methyl sites for hydroxylation is 1. The van der Waals surface area contributed by atoms with E-state index in [9.17, 15) is 9.18 Å². The minimum absolute atomic E-state index is 0.0515. The average molecular weight is 447 g/mol. The molecule has 0 atom stereocenters. The highest BCUT2D eigenvalue weighted by Gasteiger charge is 2.14. The number of halogens is 2. The number of carbonyl (C=O) groups excluding carboxylic acids is 1. The van der Waals surface area contributed by atoms with Gasteiger partial charge in [0.1, 0.15) is 18.2 Å². The fourth-order valence-electron chi connectivity index (χ4n) is 2.53. The Morgan fingerprint density at radius 1 is 1.30 bits per heavy atom. The number of rotatable bonds is 9. The van der Waals surface area contributed by atoms with E-state index in [0.29, 0.717) is 23.2 Å². The van der Waals surface area contributed by atoms with E-state index in [0.717, 1.165) is 11.3 Å². The fourth-order valence-corrected chi connectivity index (χ4v) is 3.48. The molecular formula is C21H20ClFN4O2S. The molecule has 3 aromatic rings. The van der Waals surface area contributed by atoms with Crippen molar-refractivity contribution in [3.63, 3.8) is 0 Å². The van der Waals surface area contributed by atoms with E-state index in [4.69, 9.17) is 16.3 Å². The molecule has 30 heavy (non-hydrogen) atoms. The number of aromatic nitrogens is 3. The summed E-state index contributed by atoms with van der Waals surface area (Å²) >= 11 is 6.97. The number of amides is 1. The summed E-state index contributed by atoms with van der Waals surface area (Å²) in [6.07, 6.45) is 1.73. The third-order valence-corrected chi connectivity index (χ3v) is 5.29. The first kappa shape index (κ1) is 21.9. The van der Waals surface area contributed by atoms with Crippen LogP contribution in [0.25, 0.3) is 0 Å². The molecule has 0 saturated carbocycles. The van der Waals surface area contributed by atoms with Crippen molar-refractivity contribution in [2.75, 3.05) is 11.1 Å².